The fourth-order valence-electron chi connectivity index (χ4n) is 1.50. The van der Waals surface area contributed by atoms with Crippen LogP contribution in [0.1, 0.15) is 5.56 Å². The van der Waals surface area contributed by atoms with Crippen LogP contribution in [-0.4, -0.2) is 10.9 Å². The Morgan fingerprint density at radius 3 is 2.63 bits per heavy atom. The molecule has 0 unspecified atom stereocenters. The van der Waals surface area contributed by atoms with Gasteiger partial charge in [0.25, 0.3) is 0 Å². The summed E-state index contributed by atoms with van der Waals surface area (Å²) in [6.45, 7) is 0. The fraction of sp³-hybridized carbons (Fsp3) is 0.0769. The van der Waals surface area contributed by atoms with Crippen molar-refractivity contribution in [1.29, 1.82) is 0 Å². The number of hydrogen-bond acceptors (Lipinski definition) is 3. The van der Waals surface area contributed by atoms with E-state index in [2.05, 4.69) is 10.3 Å². The molecule has 0 fully saturated rings. The summed E-state index contributed by atoms with van der Waals surface area (Å²) >= 11 is 0. The highest BCUT2D eigenvalue weighted by Gasteiger charge is 2.08. The first-order chi connectivity index (χ1) is 9.04. The van der Waals surface area contributed by atoms with Gasteiger partial charge in [-0.15, -0.1) is 0 Å². The van der Waals surface area contributed by atoms with Crippen LogP contribution in [0.5, 0.6) is 0 Å². The molecule has 0 radical (unpaired) electrons. The first-order valence-corrected chi connectivity index (χ1v) is 5.50. The lowest BCUT2D eigenvalue weighted by atomic mass is 10.1. The Hall–Kier alpha value is -2.50. The number of rotatable bonds is 3. The van der Waals surface area contributed by atoms with Crippen LogP contribution < -0.4 is 11.1 Å². The van der Waals surface area contributed by atoms with Crippen molar-refractivity contribution in [3.05, 3.63) is 53.7 Å². The lowest BCUT2D eigenvalue weighted by molar-refractivity contribution is -0.115. The number of carbonyl (C=O) groups excluding carboxylic acids is 1. The second-order valence-electron chi connectivity index (χ2n) is 3.95. The molecule has 0 bridgehead atoms. The molecule has 1 aromatic heterocycles. The first kappa shape index (κ1) is 12.9. The van der Waals surface area contributed by atoms with Crippen molar-refractivity contribution in [2.45, 2.75) is 6.42 Å². The number of halogens is 2. The minimum atomic E-state index is -0.976. The van der Waals surface area contributed by atoms with Gasteiger partial charge in [0.15, 0.2) is 11.6 Å². The summed E-state index contributed by atoms with van der Waals surface area (Å²) in [5, 5.41) is 2.53. The molecular weight excluding hydrogens is 252 g/mol. The molecule has 0 aliphatic rings. The van der Waals surface area contributed by atoms with Crippen LogP contribution in [-0.2, 0) is 11.2 Å². The topological polar surface area (TPSA) is 68.0 Å². The van der Waals surface area contributed by atoms with Gasteiger partial charge >= 0.3 is 0 Å². The van der Waals surface area contributed by atoms with E-state index in [1.54, 1.807) is 12.1 Å². The molecular formula is C13H11F2N3O. The molecule has 0 aliphatic heterocycles. The molecule has 0 aliphatic carbocycles. The van der Waals surface area contributed by atoms with Crippen LogP contribution in [0.25, 0.3) is 0 Å². The predicted octanol–water partition coefficient (Wildman–Crippen LogP) is 2.12. The van der Waals surface area contributed by atoms with E-state index in [9.17, 15) is 13.6 Å². The number of nitrogens with two attached hydrogens (primary N) is 1. The van der Waals surface area contributed by atoms with E-state index >= 15 is 0 Å². The first-order valence-electron chi connectivity index (χ1n) is 5.50. The van der Waals surface area contributed by atoms with Crippen LogP contribution in [0.3, 0.4) is 0 Å². The Morgan fingerprint density at radius 2 is 2.00 bits per heavy atom. The van der Waals surface area contributed by atoms with E-state index in [4.69, 9.17) is 5.73 Å². The van der Waals surface area contributed by atoms with E-state index in [1.807, 2.05) is 0 Å². The number of benzene rings is 1. The molecule has 1 aromatic carbocycles. The summed E-state index contributed by atoms with van der Waals surface area (Å²) in [6.07, 6.45) is 1.34. The SMILES string of the molecule is Nc1ccc(NC(=O)Cc2ccc(F)c(F)c2)nc1. The Kier molecular flexibility index (Phi) is 3.70. The maximum atomic E-state index is 13.0. The van der Waals surface area contributed by atoms with Crippen LogP contribution >= 0.6 is 0 Å². The molecule has 2 aromatic rings. The molecule has 1 heterocycles. The fourth-order valence-corrected chi connectivity index (χ4v) is 1.50. The second-order valence-corrected chi connectivity index (χ2v) is 3.95. The van der Waals surface area contributed by atoms with Crippen molar-refractivity contribution in [2.75, 3.05) is 11.1 Å². The molecule has 0 atom stereocenters. The highest BCUT2D eigenvalue weighted by atomic mass is 19.2. The number of nitrogens with one attached hydrogen (secondary N) is 1. The number of aromatic nitrogens is 1. The molecule has 3 N–H and O–H groups in total. The molecule has 0 saturated carbocycles. The number of pyridine rings is 1. The third-order valence-electron chi connectivity index (χ3n) is 2.40. The summed E-state index contributed by atoms with van der Waals surface area (Å²) in [7, 11) is 0. The molecule has 0 spiro atoms. The van der Waals surface area contributed by atoms with E-state index in [0.717, 1.165) is 12.1 Å². The van der Waals surface area contributed by atoms with Gasteiger partial charge in [-0.3, -0.25) is 4.79 Å². The standard InChI is InChI=1S/C13H11F2N3O/c14-10-3-1-8(5-11(10)15)6-13(19)18-12-4-2-9(16)7-17-12/h1-5,7H,6,16H2,(H,17,18,19). The monoisotopic (exact) mass is 263 g/mol. The van der Waals surface area contributed by atoms with Gasteiger partial charge in [0.1, 0.15) is 5.82 Å². The van der Waals surface area contributed by atoms with Crippen LogP contribution in [0.15, 0.2) is 36.5 Å². The summed E-state index contributed by atoms with van der Waals surface area (Å²) in [6, 6.07) is 6.48. The lowest BCUT2D eigenvalue weighted by Crippen LogP contribution is -2.15. The highest BCUT2D eigenvalue weighted by Crippen LogP contribution is 2.11. The van der Waals surface area contributed by atoms with E-state index < -0.39 is 11.6 Å². The van der Waals surface area contributed by atoms with E-state index in [1.165, 1.54) is 12.3 Å². The molecule has 4 nitrogen and oxygen atoms in total. The molecule has 1 amide bonds. The zero-order valence-corrected chi connectivity index (χ0v) is 9.86. The third-order valence-corrected chi connectivity index (χ3v) is 2.40. The van der Waals surface area contributed by atoms with Crippen LogP contribution in [0.4, 0.5) is 20.3 Å². The van der Waals surface area contributed by atoms with Crippen LogP contribution in [0.2, 0.25) is 0 Å². The molecule has 98 valence electrons. The zero-order chi connectivity index (χ0) is 13.8. The summed E-state index contributed by atoms with van der Waals surface area (Å²) in [4.78, 5) is 15.6. The largest absolute Gasteiger partial charge is 0.397 e. The number of amides is 1. The van der Waals surface area contributed by atoms with Crippen molar-refractivity contribution < 1.29 is 13.6 Å². The highest BCUT2D eigenvalue weighted by molar-refractivity contribution is 5.91. The van der Waals surface area contributed by atoms with Gasteiger partial charge in [0.05, 0.1) is 18.3 Å². The third kappa shape index (κ3) is 3.48. The predicted molar refractivity (Wildman–Crippen MR) is 67.3 cm³/mol. The van der Waals surface area contributed by atoms with Crippen molar-refractivity contribution >= 4 is 17.4 Å². The van der Waals surface area contributed by atoms with Gasteiger partial charge in [-0.25, -0.2) is 13.8 Å². The number of carbonyl (C=O) groups is 1. The second kappa shape index (κ2) is 5.43. The average molecular weight is 263 g/mol. The van der Waals surface area contributed by atoms with E-state index in [-0.39, 0.29) is 12.3 Å². The van der Waals surface area contributed by atoms with Gasteiger partial charge in [-0.1, -0.05) is 6.07 Å². The Morgan fingerprint density at radius 1 is 1.21 bits per heavy atom. The Labute approximate surface area is 108 Å². The normalized spacial score (nSPS) is 10.2. The minimum Gasteiger partial charge on any atom is -0.397 e. The Balaban J connectivity index is 2.01. The minimum absolute atomic E-state index is 0.0662. The van der Waals surface area contributed by atoms with Gasteiger partial charge < -0.3 is 11.1 Å². The number of anilines is 2. The number of hydrogen-bond donors (Lipinski definition) is 2. The maximum absolute atomic E-state index is 13.0. The summed E-state index contributed by atoms with van der Waals surface area (Å²) in [5.74, 6) is -1.94. The van der Waals surface area contributed by atoms with Gasteiger partial charge in [-0.2, -0.15) is 0 Å². The molecule has 0 saturated heterocycles. The van der Waals surface area contributed by atoms with Gasteiger partial charge in [0, 0.05) is 0 Å². The average Bonchev–Trinajstić information content (AvgIpc) is 2.37. The van der Waals surface area contributed by atoms with Gasteiger partial charge in [-0.05, 0) is 29.8 Å². The lowest BCUT2D eigenvalue weighted by Gasteiger charge is -2.05. The molecule has 6 heteroatoms. The van der Waals surface area contributed by atoms with Crippen molar-refractivity contribution in [3.63, 3.8) is 0 Å². The zero-order valence-electron chi connectivity index (χ0n) is 9.86. The van der Waals surface area contributed by atoms with Crippen LogP contribution in [0, 0.1) is 11.6 Å². The maximum Gasteiger partial charge on any atom is 0.229 e. The van der Waals surface area contributed by atoms with Gasteiger partial charge in [0.2, 0.25) is 5.91 Å². The number of nitrogen functional groups attached to an aromatic ring is 1. The van der Waals surface area contributed by atoms with E-state index in [0.29, 0.717) is 17.1 Å². The molecule has 2 rings (SSSR count). The molecule has 19 heavy (non-hydrogen) atoms. The summed E-state index contributed by atoms with van der Waals surface area (Å²) in [5.41, 5.74) is 6.33. The summed E-state index contributed by atoms with van der Waals surface area (Å²) < 4.78 is 25.7. The number of nitrogens with zero attached hydrogens (tertiary/aromatic N) is 1. The Bertz CT molecular complexity index is 599. The quantitative estimate of drug-likeness (QED) is 0.891. The van der Waals surface area contributed by atoms with Crippen molar-refractivity contribution in [3.8, 4) is 0 Å². The van der Waals surface area contributed by atoms with Crippen molar-refractivity contribution in [1.82, 2.24) is 4.98 Å². The smallest absolute Gasteiger partial charge is 0.229 e. The van der Waals surface area contributed by atoms with Crippen molar-refractivity contribution in [2.24, 2.45) is 0 Å².